The van der Waals surface area contributed by atoms with Gasteiger partial charge in [0, 0.05) is 24.9 Å². The highest BCUT2D eigenvalue weighted by molar-refractivity contribution is 9.10. The lowest BCUT2D eigenvalue weighted by molar-refractivity contribution is 0.0903. The third-order valence-corrected chi connectivity index (χ3v) is 4.17. The van der Waals surface area contributed by atoms with Crippen LogP contribution in [0.15, 0.2) is 32.5 Å². The molecule has 2 aromatic rings. The summed E-state index contributed by atoms with van der Waals surface area (Å²) < 4.78 is 23.6. The molecule has 0 aliphatic carbocycles. The number of benzene rings is 1. The van der Waals surface area contributed by atoms with E-state index in [4.69, 9.17) is 9.37 Å². The number of halogens is 2. The molecule has 1 saturated heterocycles. The first kappa shape index (κ1) is 16.7. The molecule has 128 valence electrons. The summed E-state index contributed by atoms with van der Waals surface area (Å²) in [6, 6.07) is 4.47. The van der Waals surface area contributed by atoms with E-state index in [1.54, 1.807) is 0 Å². The number of aromatic nitrogens is 2. The van der Waals surface area contributed by atoms with Gasteiger partial charge in [-0.1, -0.05) is 5.16 Å². The van der Waals surface area contributed by atoms with Gasteiger partial charge in [-0.05, 0) is 57.3 Å². The zero-order valence-electron chi connectivity index (χ0n) is 12.5. The van der Waals surface area contributed by atoms with Gasteiger partial charge in [0.15, 0.2) is 5.69 Å². The minimum absolute atomic E-state index is 0.0318. The summed E-state index contributed by atoms with van der Waals surface area (Å²) in [6.07, 6.45) is 1.66. The second kappa shape index (κ2) is 7.58. The zero-order chi connectivity index (χ0) is 16.9. The van der Waals surface area contributed by atoms with Crippen LogP contribution >= 0.6 is 15.9 Å². The lowest BCUT2D eigenvalue weighted by Crippen LogP contribution is -2.29. The Morgan fingerprint density at radius 1 is 1.33 bits per heavy atom. The van der Waals surface area contributed by atoms with E-state index in [9.17, 15) is 9.60 Å². The average Bonchev–Trinajstić information content (AvgIpc) is 3.05. The number of rotatable bonds is 4. The maximum Gasteiger partial charge on any atom is 0.203 e. The predicted molar refractivity (Wildman–Crippen MR) is 87.8 cm³/mol. The number of nitrogens with zero attached hydrogens (tertiary/aromatic N) is 3. The van der Waals surface area contributed by atoms with Crippen LogP contribution in [-0.4, -0.2) is 40.6 Å². The second-order valence-electron chi connectivity index (χ2n) is 5.19. The fourth-order valence-corrected chi connectivity index (χ4v) is 2.69. The summed E-state index contributed by atoms with van der Waals surface area (Å²) in [5, 5.41) is 26.1. The molecule has 2 heterocycles. The van der Waals surface area contributed by atoms with Crippen molar-refractivity contribution in [2.75, 3.05) is 23.8 Å². The summed E-state index contributed by atoms with van der Waals surface area (Å²) >= 11 is 3.10. The van der Waals surface area contributed by atoms with Crippen molar-refractivity contribution in [2.45, 2.75) is 18.9 Å². The van der Waals surface area contributed by atoms with Crippen LogP contribution < -0.4 is 10.6 Å². The van der Waals surface area contributed by atoms with Crippen molar-refractivity contribution >= 4 is 33.3 Å². The number of ether oxygens (including phenoxy) is 1. The number of anilines is 2. The van der Waals surface area contributed by atoms with Crippen molar-refractivity contribution in [2.24, 2.45) is 5.16 Å². The van der Waals surface area contributed by atoms with Gasteiger partial charge < -0.3 is 20.6 Å². The minimum atomic E-state index is -0.395. The first-order valence-electron chi connectivity index (χ1n) is 7.28. The van der Waals surface area contributed by atoms with Crippen molar-refractivity contribution < 1.29 is 19.0 Å². The highest BCUT2D eigenvalue weighted by Gasteiger charge is 2.22. The molecule has 24 heavy (non-hydrogen) atoms. The highest BCUT2D eigenvalue weighted by Crippen LogP contribution is 2.22. The van der Waals surface area contributed by atoms with Gasteiger partial charge in [-0.3, -0.25) is 0 Å². The summed E-state index contributed by atoms with van der Waals surface area (Å²) in [5.74, 6) is 0.000656. The minimum Gasteiger partial charge on any atom is -0.409 e. The number of oxime groups is 1. The van der Waals surface area contributed by atoms with Crippen LogP contribution in [0.1, 0.15) is 18.5 Å². The van der Waals surface area contributed by atoms with Gasteiger partial charge in [0.05, 0.1) is 4.47 Å². The third kappa shape index (κ3) is 3.82. The summed E-state index contributed by atoms with van der Waals surface area (Å²) in [7, 11) is 0. The van der Waals surface area contributed by atoms with Gasteiger partial charge in [0.25, 0.3) is 0 Å². The maximum absolute atomic E-state index is 13.3. The third-order valence-electron chi connectivity index (χ3n) is 3.56. The molecular weight excluding hydrogens is 385 g/mol. The largest absolute Gasteiger partial charge is 0.409 e. The van der Waals surface area contributed by atoms with Crippen LogP contribution in [0.25, 0.3) is 0 Å². The van der Waals surface area contributed by atoms with Crippen molar-refractivity contribution in [3.8, 4) is 0 Å². The topological polar surface area (TPSA) is 105 Å². The fourth-order valence-electron chi connectivity index (χ4n) is 2.32. The molecule has 1 fully saturated rings. The van der Waals surface area contributed by atoms with Crippen molar-refractivity contribution in [3.63, 3.8) is 0 Å². The van der Waals surface area contributed by atoms with Gasteiger partial charge in [-0.2, -0.15) is 0 Å². The van der Waals surface area contributed by atoms with E-state index in [1.165, 1.54) is 18.2 Å². The van der Waals surface area contributed by atoms with E-state index in [-0.39, 0.29) is 22.0 Å². The molecule has 0 saturated carbocycles. The van der Waals surface area contributed by atoms with Gasteiger partial charge in [0.1, 0.15) is 5.82 Å². The number of hydrogen-bond donors (Lipinski definition) is 3. The molecule has 3 rings (SSSR count). The van der Waals surface area contributed by atoms with E-state index >= 15 is 0 Å². The monoisotopic (exact) mass is 399 g/mol. The zero-order valence-corrected chi connectivity index (χ0v) is 14.1. The Kier molecular flexibility index (Phi) is 5.26. The molecule has 1 aromatic carbocycles. The van der Waals surface area contributed by atoms with Crippen molar-refractivity contribution in [1.29, 1.82) is 0 Å². The van der Waals surface area contributed by atoms with Gasteiger partial charge in [-0.15, -0.1) is 0 Å². The molecule has 0 bridgehead atoms. The molecule has 0 atom stereocenters. The number of amidine groups is 1. The maximum atomic E-state index is 13.3. The molecule has 1 aromatic heterocycles. The molecule has 0 radical (unpaired) electrons. The molecule has 1 aliphatic rings. The molecular formula is C14H15BrFN5O3. The SMILES string of the molecule is O/N=C(\Nc1ccc(F)c(Br)c1)c1nonc1NC1CCOCC1. The molecule has 3 N–H and O–H groups in total. The smallest absolute Gasteiger partial charge is 0.203 e. The van der Waals surface area contributed by atoms with Crippen LogP contribution in [0.4, 0.5) is 15.9 Å². The van der Waals surface area contributed by atoms with Gasteiger partial charge >= 0.3 is 0 Å². The fraction of sp³-hybridized carbons (Fsp3) is 0.357. The van der Waals surface area contributed by atoms with E-state index in [0.717, 1.165) is 12.8 Å². The molecule has 8 nitrogen and oxygen atoms in total. The lowest BCUT2D eigenvalue weighted by atomic mass is 10.1. The van der Waals surface area contributed by atoms with E-state index in [2.05, 4.69) is 42.0 Å². The first-order valence-corrected chi connectivity index (χ1v) is 8.08. The molecule has 10 heteroatoms. The van der Waals surface area contributed by atoms with Crippen molar-refractivity contribution in [3.05, 3.63) is 34.2 Å². The molecule has 1 aliphatic heterocycles. The molecule has 0 unspecified atom stereocenters. The Morgan fingerprint density at radius 3 is 2.83 bits per heavy atom. The highest BCUT2D eigenvalue weighted by atomic mass is 79.9. The quantitative estimate of drug-likeness (QED) is 0.314. The van der Waals surface area contributed by atoms with Gasteiger partial charge in [-0.25, -0.2) is 9.02 Å². The Hall–Kier alpha value is -2.20. The standard InChI is InChI=1S/C14H15BrFN5O3/c15-10-7-9(1-2-11(10)16)18-13(19-22)12-14(21-24-20-12)17-8-3-5-23-6-4-8/h1-2,7-8,22H,3-6H2,(H,17,21)(H,18,19). The van der Waals surface area contributed by atoms with E-state index in [1.807, 2.05) is 0 Å². The van der Waals surface area contributed by atoms with Crippen LogP contribution in [-0.2, 0) is 4.74 Å². The van der Waals surface area contributed by atoms with Crippen LogP contribution in [0.3, 0.4) is 0 Å². The first-order chi connectivity index (χ1) is 11.7. The van der Waals surface area contributed by atoms with Crippen LogP contribution in [0.2, 0.25) is 0 Å². The van der Waals surface area contributed by atoms with Crippen LogP contribution in [0.5, 0.6) is 0 Å². The molecule has 0 spiro atoms. The van der Waals surface area contributed by atoms with Gasteiger partial charge in [0.2, 0.25) is 11.7 Å². The molecule has 0 amide bonds. The predicted octanol–water partition coefficient (Wildman–Crippen LogP) is 2.81. The number of hydrogen-bond acceptors (Lipinski definition) is 7. The summed E-state index contributed by atoms with van der Waals surface area (Å²) in [5.41, 5.74) is 0.737. The summed E-state index contributed by atoms with van der Waals surface area (Å²) in [6.45, 7) is 1.34. The Bertz CT molecular complexity index is 733. The second-order valence-corrected chi connectivity index (χ2v) is 6.05. The van der Waals surface area contributed by atoms with E-state index in [0.29, 0.717) is 24.7 Å². The Balaban J connectivity index is 1.76. The normalized spacial score (nSPS) is 16.2. The summed E-state index contributed by atoms with van der Waals surface area (Å²) in [4.78, 5) is 0. The average molecular weight is 400 g/mol. The Labute approximate surface area is 145 Å². The Morgan fingerprint density at radius 2 is 2.12 bits per heavy atom. The van der Waals surface area contributed by atoms with Crippen molar-refractivity contribution in [1.82, 2.24) is 10.3 Å². The number of nitrogens with one attached hydrogen (secondary N) is 2. The van der Waals surface area contributed by atoms with Crippen LogP contribution in [0, 0.1) is 5.82 Å². The lowest BCUT2D eigenvalue weighted by Gasteiger charge is -2.22. The van der Waals surface area contributed by atoms with E-state index < -0.39 is 5.82 Å².